The Kier molecular flexibility index (Phi) is 5.49. The molecule has 166 valence electrons. The van der Waals surface area contributed by atoms with Crippen molar-refractivity contribution in [2.24, 2.45) is 23.2 Å². The van der Waals surface area contributed by atoms with E-state index >= 15 is 0 Å². The lowest BCUT2D eigenvalue weighted by molar-refractivity contribution is -0.156. The highest BCUT2D eigenvalue weighted by Crippen LogP contribution is 2.60. The maximum absolute atomic E-state index is 13.0. The third-order valence-corrected chi connectivity index (χ3v) is 7.65. The van der Waals surface area contributed by atoms with Crippen molar-refractivity contribution in [3.05, 3.63) is 35.9 Å². The van der Waals surface area contributed by atoms with Crippen LogP contribution >= 0.6 is 0 Å². The van der Waals surface area contributed by atoms with Gasteiger partial charge < -0.3 is 15.4 Å². The summed E-state index contributed by atoms with van der Waals surface area (Å²) in [5, 5.41) is 5.94. The molecule has 1 aromatic rings. The zero-order valence-electron chi connectivity index (χ0n) is 18.0. The van der Waals surface area contributed by atoms with E-state index in [-0.39, 0.29) is 36.2 Å². The highest BCUT2D eigenvalue weighted by atomic mass is 16.5. The Bertz CT molecular complexity index is 813. The molecule has 6 nitrogen and oxygen atoms in total. The largest absolute Gasteiger partial charge is 0.447 e. The molecule has 6 heteroatoms. The minimum absolute atomic E-state index is 0.0676. The fourth-order valence-corrected chi connectivity index (χ4v) is 6.45. The molecule has 5 fully saturated rings. The Morgan fingerprint density at radius 2 is 1.58 bits per heavy atom. The van der Waals surface area contributed by atoms with Crippen LogP contribution in [0.3, 0.4) is 0 Å². The number of benzene rings is 1. The third-order valence-electron chi connectivity index (χ3n) is 7.65. The third kappa shape index (κ3) is 4.48. The summed E-state index contributed by atoms with van der Waals surface area (Å²) in [4.78, 5) is 38.2. The van der Waals surface area contributed by atoms with Crippen LogP contribution in [0.25, 0.3) is 0 Å². The summed E-state index contributed by atoms with van der Waals surface area (Å²) < 4.78 is 5.56. The molecule has 6 rings (SSSR count). The predicted molar refractivity (Wildman–Crippen MR) is 115 cm³/mol. The van der Waals surface area contributed by atoms with Crippen molar-refractivity contribution in [1.29, 1.82) is 0 Å². The molecule has 0 spiro atoms. The van der Waals surface area contributed by atoms with Crippen molar-refractivity contribution < 1.29 is 19.1 Å². The van der Waals surface area contributed by atoms with Crippen LogP contribution in [0.5, 0.6) is 0 Å². The smallest absolute Gasteiger partial charge is 0.308 e. The van der Waals surface area contributed by atoms with Gasteiger partial charge in [-0.05, 0) is 69.1 Å². The van der Waals surface area contributed by atoms with Crippen LogP contribution in [-0.4, -0.2) is 30.4 Å². The number of hydrogen-bond donors (Lipinski definition) is 2. The van der Waals surface area contributed by atoms with Gasteiger partial charge in [0.15, 0.2) is 0 Å². The lowest BCUT2D eigenvalue weighted by Crippen LogP contribution is -2.53. The molecule has 1 aromatic carbocycles. The highest BCUT2D eigenvalue weighted by Gasteiger charge is 2.54. The van der Waals surface area contributed by atoms with E-state index in [2.05, 4.69) is 10.6 Å². The van der Waals surface area contributed by atoms with Gasteiger partial charge in [-0.15, -0.1) is 0 Å². The Morgan fingerprint density at radius 3 is 2.16 bits per heavy atom. The molecule has 0 aromatic heterocycles. The zero-order valence-corrected chi connectivity index (χ0v) is 18.0. The van der Waals surface area contributed by atoms with Crippen molar-refractivity contribution in [3.63, 3.8) is 0 Å². The van der Waals surface area contributed by atoms with Gasteiger partial charge in [0.05, 0.1) is 6.42 Å². The van der Waals surface area contributed by atoms with Gasteiger partial charge in [0.1, 0.15) is 0 Å². The zero-order chi connectivity index (χ0) is 21.4. The number of nitrogens with one attached hydrogen (secondary N) is 2. The summed E-state index contributed by atoms with van der Waals surface area (Å²) in [6, 6.07) is 9.29. The van der Waals surface area contributed by atoms with Gasteiger partial charge in [0, 0.05) is 23.6 Å². The Morgan fingerprint density at radius 1 is 0.968 bits per heavy atom. The molecule has 1 atom stereocenters. The summed E-state index contributed by atoms with van der Waals surface area (Å²) in [6.07, 6.45) is 7.96. The molecule has 0 saturated heterocycles. The molecule has 0 aliphatic heterocycles. The van der Waals surface area contributed by atoms with Crippen molar-refractivity contribution >= 4 is 17.8 Å². The van der Waals surface area contributed by atoms with Crippen LogP contribution in [0.15, 0.2) is 30.3 Å². The highest BCUT2D eigenvalue weighted by molar-refractivity contribution is 5.86. The van der Waals surface area contributed by atoms with E-state index in [1.54, 1.807) is 12.1 Å². The van der Waals surface area contributed by atoms with E-state index in [0.717, 1.165) is 32.1 Å². The lowest BCUT2D eigenvalue weighted by Gasteiger charge is -2.55. The van der Waals surface area contributed by atoms with Crippen molar-refractivity contribution in [3.8, 4) is 0 Å². The molecule has 5 aliphatic rings. The standard InChI is InChI=1S/C25H32N2O4/c28-21(31-22(19-4-2-1-3-5-19)23(29)27-20-6-7-20)8-9-26-24(30)25-13-16-10-17(14-25)12-18(11-16)15-25/h1-5,16-18,20,22H,6-15H2,(H,26,30)(H,27,29)/t16?,17?,18?,22-,25?/m0/s1. The number of rotatable bonds is 8. The molecule has 0 heterocycles. The number of hydrogen-bond acceptors (Lipinski definition) is 4. The number of ether oxygens (including phenoxy) is 1. The maximum Gasteiger partial charge on any atom is 0.308 e. The summed E-state index contributed by atoms with van der Waals surface area (Å²) in [5.41, 5.74) is 0.446. The van der Waals surface area contributed by atoms with Gasteiger partial charge in [-0.25, -0.2) is 0 Å². The SMILES string of the molecule is O=C(CCNC(=O)C12CC3CC(CC(C3)C1)C2)O[C@H](C(=O)NC1CC1)c1ccccc1. The molecule has 4 bridgehead atoms. The van der Waals surface area contributed by atoms with Gasteiger partial charge in [0.2, 0.25) is 12.0 Å². The molecule has 0 unspecified atom stereocenters. The fraction of sp³-hybridized carbons (Fsp3) is 0.640. The average Bonchev–Trinajstić information content (AvgIpc) is 3.55. The average molecular weight is 425 g/mol. The minimum atomic E-state index is -0.951. The molecule has 5 aliphatic carbocycles. The van der Waals surface area contributed by atoms with E-state index < -0.39 is 12.1 Å². The van der Waals surface area contributed by atoms with Gasteiger partial charge in [-0.2, -0.15) is 0 Å². The van der Waals surface area contributed by atoms with Crippen LogP contribution in [0.1, 0.15) is 69.5 Å². The first-order valence-electron chi connectivity index (χ1n) is 11.8. The second-order valence-electron chi connectivity index (χ2n) is 10.3. The predicted octanol–water partition coefficient (Wildman–Crippen LogP) is 3.27. The van der Waals surface area contributed by atoms with Crippen LogP contribution in [-0.2, 0) is 19.1 Å². The monoisotopic (exact) mass is 424 g/mol. The number of amides is 2. The van der Waals surface area contributed by atoms with Crippen molar-refractivity contribution in [2.75, 3.05) is 6.54 Å². The minimum Gasteiger partial charge on any atom is -0.447 e. The van der Waals surface area contributed by atoms with E-state index in [9.17, 15) is 14.4 Å². The van der Waals surface area contributed by atoms with Crippen LogP contribution in [0, 0.1) is 23.2 Å². The molecule has 2 amide bonds. The normalized spacial score (nSPS) is 31.7. The van der Waals surface area contributed by atoms with Crippen LogP contribution in [0.2, 0.25) is 0 Å². The maximum atomic E-state index is 13.0. The quantitative estimate of drug-likeness (QED) is 0.628. The molecule has 31 heavy (non-hydrogen) atoms. The number of esters is 1. The Balaban J connectivity index is 1.14. The van der Waals surface area contributed by atoms with Gasteiger partial charge in [-0.1, -0.05) is 30.3 Å². The molecular weight excluding hydrogens is 392 g/mol. The Labute approximate surface area is 183 Å². The number of carbonyl (C=O) groups is 3. The topological polar surface area (TPSA) is 84.5 Å². The van der Waals surface area contributed by atoms with E-state index in [0.29, 0.717) is 23.3 Å². The first-order chi connectivity index (χ1) is 15.0. The van der Waals surface area contributed by atoms with Crippen molar-refractivity contribution in [1.82, 2.24) is 10.6 Å². The molecule has 0 radical (unpaired) electrons. The second-order valence-corrected chi connectivity index (χ2v) is 10.3. The van der Waals surface area contributed by atoms with Gasteiger partial charge in [0.25, 0.3) is 5.91 Å². The molecular formula is C25H32N2O4. The van der Waals surface area contributed by atoms with Crippen LogP contribution in [0.4, 0.5) is 0 Å². The van der Waals surface area contributed by atoms with Crippen molar-refractivity contribution in [2.45, 2.75) is 69.9 Å². The molecule has 5 saturated carbocycles. The van der Waals surface area contributed by atoms with Gasteiger partial charge in [-0.3, -0.25) is 14.4 Å². The summed E-state index contributed by atoms with van der Waals surface area (Å²) in [7, 11) is 0. The fourth-order valence-electron chi connectivity index (χ4n) is 6.45. The van der Waals surface area contributed by atoms with Crippen LogP contribution < -0.4 is 10.6 Å². The lowest BCUT2D eigenvalue weighted by atomic mass is 9.49. The second kappa shape index (κ2) is 8.29. The molecule has 2 N–H and O–H groups in total. The Hall–Kier alpha value is -2.37. The van der Waals surface area contributed by atoms with E-state index in [1.165, 1.54) is 19.3 Å². The summed E-state index contributed by atoms with van der Waals surface area (Å²) in [5.74, 6) is 1.49. The summed E-state index contributed by atoms with van der Waals surface area (Å²) in [6.45, 7) is 0.255. The van der Waals surface area contributed by atoms with E-state index in [4.69, 9.17) is 4.74 Å². The first-order valence-corrected chi connectivity index (χ1v) is 11.8. The first kappa shape index (κ1) is 20.5. The number of carbonyl (C=O) groups excluding carboxylic acids is 3. The summed E-state index contributed by atoms with van der Waals surface area (Å²) >= 11 is 0. The van der Waals surface area contributed by atoms with E-state index in [1.807, 2.05) is 18.2 Å². The van der Waals surface area contributed by atoms with Gasteiger partial charge >= 0.3 is 5.97 Å².